The van der Waals surface area contributed by atoms with E-state index in [-0.39, 0.29) is 28.4 Å². The van der Waals surface area contributed by atoms with E-state index in [1.165, 1.54) is 81.7 Å². The highest BCUT2D eigenvalue weighted by Crippen LogP contribution is 2.50. The minimum atomic E-state index is -0.183. The van der Waals surface area contributed by atoms with Crippen LogP contribution in [0.2, 0.25) is 0 Å². The summed E-state index contributed by atoms with van der Waals surface area (Å²) in [6.07, 6.45) is 0. The average Bonchev–Trinajstić information content (AvgIpc) is 0.923. The monoisotopic (exact) mass is 1080 g/mol. The Balaban J connectivity index is 1.19. The van der Waals surface area contributed by atoms with Crippen molar-refractivity contribution in [2.75, 3.05) is 9.80 Å². The molecule has 0 amide bonds. The van der Waals surface area contributed by atoms with E-state index < -0.39 is 0 Å². The molecule has 83 heavy (non-hydrogen) atoms. The van der Waals surface area contributed by atoms with E-state index in [1.54, 1.807) is 0 Å². The molecule has 11 aromatic carbocycles. The predicted molar refractivity (Wildman–Crippen MR) is 355 cm³/mol. The highest BCUT2D eigenvalue weighted by Gasteiger charge is 2.45. The molecule has 0 saturated carbocycles. The number of anilines is 6. The highest BCUT2D eigenvalue weighted by atomic mass is 15.2. The summed E-state index contributed by atoms with van der Waals surface area (Å²) in [7, 11) is 0. The molecule has 0 spiro atoms. The molecule has 0 bridgehead atoms. The first-order valence-electron chi connectivity index (χ1n) is 29.5. The van der Waals surface area contributed by atoms with Gasteiger partial charge in [-0.05, 0) is 152 Å². The van der Waals surface area contributed by atoms with Crippen LogP contribution in [0.3, 0.4) is 0 Å². The van der Waals surface area contributed by atoms with Crippen LogP contribution in [-0.2, 0) is 21.7 Å². The van der Waals surface area contributed by atoms with Gasteiger partial charge >= 0.3 is 0 Å². The quantitative estimate of drug-likeness (QED) is 0.127. The van der Waals surface area contributed by atoms with Gasteiger partial charge in [-0.1, -0.05) is 241 Å². The van der Waals surface area contributed by atoms with Crippen molar-refractivity contribution in [2.24, 2.45) is 0 Å². The van der Waals surface area contributed by atoms with Gasteiger partial charge in [-0.25, -0.2) is 15.0 Å². The van der Waals surface area contributed by atoms with Gasteiger partial charge < -0.3 is 9.80 Å². The van der Waals surface area contributed by atoms with Crippen molar-refractivity contribution in [1.82, 2.24) is 15.0 Å². The average molecular weight is 1080 g/mol. The van der Waals surface area contributed by atoms with Crippen molar-refractivity contribution in [1.29, 1.82) is 0 Å². The molecule has 2 aliphatic rings. The molecular formula is C77H70BN5. The molecule has 0 unspecified atom stereocenters. The molecule has 0 atom stereocenters. The molecule has 0 aliphatic carbocycles. The molecule has 5 nitrogen and oxygen atoms in total. The number of hydrogen-bond acceptors (Lipinski definition) is 5. The minimum Gasteiger partial charge on any atom is -0.311 e. The van der Waals surface area contributed by atoms with Crippen LogP contribution in [0.5, 0.6) is 0 Å². The number of nitrogens with zero attached hydrogens (tertiary/aromatic N) is 5. The van der Waals surface area contributed by atoms with Crippen LogP contribution in [0.4, 0.5) is 34.1 Å². The van der Waals surface area contributed by atoms with Gasteiger partial charge in [-0.2, -0.15) is 0 Å². The fraction of sp³-hybridized carbons (Fsp3) is 0.208. The molecule has 0 fully saturated rings. The first-order valence-corrected chi connectivity index (χ1v) is 29.5. The third-order valence-electron chi connectivity index (χ3n) is 17.6. The van der Waals surface area contributed by atoms with E-state index in [0.29, 0.717) is 17.5 Å². The lowest BCUT2D eigenvalue weighted by molar-refractivity contribution is 0.568. The topological polar surface area (TPSA) is 45.2 Å². The van der Waals surface area contributed by atoms with E-state index >= 15 is 0 Å². The first-order chi connectivity index (χ1) is 39.6. The second-order valence-corrected chi connectivity index (χ2v) is 27.4. The van der Waals surface area contributed by atoms with Crippen molar-refractivity contribution < 1.29 is 0 Å². The van der Waals surface area contributed by atoms with Crippen LogP contribution in [0, 0.1) is 0 Å². The Morgan fingerprint density at radius 2 is 0.627 bits per heavy atom. The summed E-state index contributed by atoms with van der Waals surface area (Å²) in [5.74, 6) is 1.86. The summed E-state index contributed by atoms with van der Waals surface area (Å²) in [6.45, 7) is 27.9. The lowest BCUT2D eigenvalue weighted by atomic mass is 9.33. The molecule has 6 heteroatoms. The molecule has 0 N–H and O–H groups in total. The van der Waals surface area contributed by atoms with Gasteiger partial charge in [0.25, 0.3) is 6.71 Å². The Labute approximate surface area is 489 Å². The van der Waals surface area contributed by atoms with E-state index in [9.17, 15) is 0 Å². The number of aromatic nitrogens is 3. The second-order valence-electron chi connectivity index (χ2n) is 27.4. The van der Waals surface area contributed by atoms with Crippen LogP contribution < -0.4 is 26.2 Å². The maximum atomic E-state index is 5.51. The Morgan fingerprint density at radius 3 is 1.00 bits per heavy atom. The largest absolute Gasteiger partial charge is 0.311 e. The van der Waals surface area contributed by atoms with Gasteiger partial charge in [0.1, 0.15) is 0 Å². The van der Waals surface area contributed by atoms with Crippen molar-refractivity contribution >= 4 is 100 Å². The lowest BCUT2D eigenvalue weighted by Gasteiger charge is -2.45. The van der Waals surface area contributed by atoms with Gasteiger partial charge in [-0.15, -0.1) is 0 Å². The SMILES string of the molecule is CC(C)(C)c1cc(N2c3cc4ccc5ccccc5c4cc3B3c4cc5c(ccc6ccccc65)cc4N(c4cc(C(C)(C)C)cc(C(C)(C)C)c4)c4cc(-c5nc(-c6ccccc6)nc(-c6ccccc6)n5)cc2c43)cc(C(C)(C)C)c1. The summed E-state index contributed by atoms with van der Waals surface area (Å²) in [5.41, 5.74) is 17.9. The van der Waals surface area contributed by atoms with E-state index in [2.05, 4.69) is 287 Å². The maximum Gasteiger partial charge on any atom is 0.252 e. The van der Waals surface area contributed by atoms with E-state index in [4.69, 9.17) is 15.0 Å². The number of fused-ring (bicyclic) bond motifs is 10. The smallest absolute Gasteiger partial charge is 0.252 e. The Kier molecular flexibility index (Phi) is 11.9. The summed E-state index contributed by atoms with van der Waals surface area (Å²) >= 11 is 0. The zero-order valence-electron chi connectivity index (χ0n) is 49.9. The Bertz CT molecular complexity index is 4260. The van der Waals surface area contributed by atoms with Crippen LogP contribution in [0.1, 0.15) is 105 Å². The Morgan fingerprint density at radius 1 is 0.289 bits per heavy atom. The van der Waals surface area contributed by atoms with Gasteiger partial charge in [0.15, 0.2) is 17.5 Å². The fourth-order valence-electron chi connectivity index (χ4n) is 12.8. The Hall–Kier alpha value is -8.87. The van der Waals surface area contributed by atoms with Gasteiger partial charge in [0.05, 0.1) is 0 Å². The first kappa shape index (κ1) is 52.2. The third kappa shape index (κ3) is 8.97. The minimum absolute atomic E-state index is 0.143. The maximum absolute atomic E-state index is 5.51. The third-order valence-corrected chi connectivity index (χ3v) is 17.6. The molecule has 1 aromatic heterocycles. The molecule has 0 radical (unpaired) electrons. The highest BCUT2D eigenvalue weighted by molar-refractivity contribution is 7.00. The molecular weight excluding hydrogens is 1010 g/mol. The van der Waals surface area contributed by atoms with Crippen molar-refractivity contribution in [3.63, 3.8) is 0 Å². The molecule has 406 valence electrons. The number of benzene rings is 11. The predicted octanol–water partition coefficient (Wildman–Crippen LogP) is 18.8. The van der Waals surface area contributed by atoms with Crippen LogP contribution in [0.25, 0.3) is 77.3 Å². The molecule has 12 aromatic rings. The molecule has 3 heterocycles. The fourth-order valence-corrected chi connectivity index (χ4v) is 12.8. The molecule has 0 saturated heterocycles. The zero-order chi connectivity index (χ0) is 57.5. The van der Waals surface area contributed by atoms with Crippen LogP contribution in [-0.4, -0.2) is 21.7 Å². The number of rotatable bonds is 5. The molecule has 2 aliphatic heterocycles. The summed E-state index contributed by atoms with van der Waals surface area (Å²) in [4.78, 5) is 21.5. The van der Waals surface area contributed by atoms with E-state index in [0.717, 1.165) is 50.8 Å². The lowest BCUT2D eigenvalue weighted by Crippen LogP contribution is -2.61. The van der Waals surface area contributed by atoms with Crippen LogP contribution in [0.15, 0.2) is 206 Å². The van der Waals surface area contributed by atoms with Gasteiger partial charge in [0.2, 0.25) is 0 Å². The van der Waals surface area contributed by atoms with Crippen molar-refractivity contribution in [3.05, 3.63) is 229 Å². The normalized spacial score (nSPS) is 13.5. The molecule has 14 rings (SSSR count). The van der Waals surface area contributed by atoms with E-state index in [1.807, 2.05) is 12.1 Å². The second kappa shape index (κ2) is 18.8. The standard InChI is InChI=1S/C77H70BN5/c1-74(2,3)54-39-55(75(4,5)6)42-58(41-54)82-66-35-51-33-31-47-23-19-21-29-60(47)62(51)45-64(66)78-65-46-63-52(34-32-48-24-20-22-30-61(48)63)36-67(65)83(59-43-56(76(7,8)9)40-57(44-59)77(10,11)12)69-38-53(37-68(82)70(69)78)73-80-71(49-25-15-13-16-26-49)79-72(81-73)50-27-17-14-18-28-50/h13-46H,1-12H3. The summed E-state index contributed by atoms with van der Waals surface area (Å²) < 4.78 is 0. The summed E-state index contributed by atoms with van der Waals surface area (Å²) in [6, 6.07) is 77.3. The number of hydrogen-bond donors (Lipinski definition) is 0. The van der Waals surface area contributed by atoms with Crippen molar-refractivity contribution in [3.8, 4) is 34.2 Å². The van der Waals surface area contributed by atoms with Gasteiger partial charge in [0, 0.05) is 50.8 Å². The van der Waals surface area contributed by atoms with Gasteiger partial charge in [-0.3, -0.25) is 0 Å². The zero-order valence-corrected chi connectivity index (χ0v) is 49.9. The van der Waals surface area contributed by atoms with Crippen LogP contribution >= 0.6 is 0 Å². The summed E-state index contributed by atoms with van der Waals surface area (Å²) in [5, 5.41) is 9.85. The van der Waals surface area contributed by atoms with Crippen molar-refractivity contribution in [2.45, 2.75) is 105 Å².